The van der Waals surface area contributed by atoms with Crippen LogP contribution in [0.2, 0.25) is 0 Å². The monoisotopic (exact) mass is 909 g/mol. The Hall–Kier alpha value is -2.07. The van der Waals surface area contributed by atoms with E-state index in [1.54, 1.807) is 0 Å². The summed E-state index contributed by atoms with van der Waals surface area (Å²) >= 11 is 0. The van der Waals surface area contributed by atoms with Gasteiger partial charge in [0.25, 0.3) is 0 Å². The van der Waals surface area contributed by atoms with Crippen LogP contribution >= 0.6 is 7.82 Å². The first-order valence-corrected chi connectivity index (χ1v) is 27.0. The second kappa shape index (κ2) is 40.2. The number of unbranched alkanes of at least 4 members (excludes halogenated alkanes) is 20. The summed E-state index contributed by atoms with van der Waals surface area (Å²) in [7, 11) is 1.43. The van der Waals surface area contributed by atoms with Gasteiger partial charge in [-0.1, -0.05) is 165 Å². The molecule has 10 nitrogen and oxygen atoms in total. The lowest BCUT2D eigenvalue weighted by Gasteiger charge is -2.24. The van der Waals surface area contributed by atoms with Crippen molar-refractivity contribution < 1.29 is 46.8 Å². The van der Waals surface area contributed by atoms with E-state index in [1.165, 1.54) is 128 Å². The number of ether oxygens (including phenoxy) is 3. The minimum absolute atomic E-state index is 0.0165. The number of esters is 2. The van der Waals surface area contributed by atoms with Crippen LogP contribution in [0, 0.1) is 0 Å². The molecule has 3 unspecified atom stereocenters. The van der Waals surface area contributed by atoms with Gasteiger partial charge in [-0.3, -0.25) is 18.6 Å². The molecule has 0 amide bonds. The fourth-order valence-corrected chi connectivity index (χ4v) is 7.90. The van der Waals surface area contributed by atoms with Gasteiger partial charge in [0.2, 0.25) is 0 Å². The van der Waals surface area contributed by atoms with E-state index < -0.39 is 26.5 Å². The smallest absolute Gasteiger partial charge is 0.462 e. The molecule has 1 heterocycles. The van der Waals surface area contributed by atoms with Crippen molar-refractivity contribution in [3.63, 3.8) is 0 Å². The van der Waals surface area contributed by atoms with Crippen LogP contribution in [0.3, 0.4) is 0 Å². The molecule has 1 aliphatic heterocycles. The molecule has 0 spiro atoms. The number of phosphoric acid groups is 1. The molecule has 63 heavy (non-hydrogen) atoms. The first kappa shape index (κ1) is 58.9. The summed E-state index contributed by atoms with van der Waals surface area (Å²) in [5.74, 6) is -0.872. The Morgan fingerprint density at radius 1 is 0.587 bits per heavy atom. The third kappa shape index (κ3) is 41.1. The van der Waals surface area contributed by atoms with Crippen LogP contribution in [0.1, 0.15) is 206 Å². The summed E-state index contributed by atoms with van der Waals surface area (Å²) < 4.78 is 40.2. The maximum Gasteiger partial charge on any atom is 0.472 e. The molecule has 366 valence electrons. The quantitative estimate of drug-likeness (QED) is 0.0159. The number of carbonyl (C=O) groups is 2. The van der Waals surface area contributed by atoms with Gasteiger partial charge in [-0.05, 0) is 77.0 Å². The van der Waals surface area contributed by atoms with E-state index in [-0.39, 0.29) is 44.2 Å². The highest BCUT2D eigenvalue weighted by Crippen LogP contribution is 2.43. The van der Waals surface area contributed by atoms with Crippen molar-refractivity contribution in [1.82, 2.24) is 0 Å². The first-order valence-electron chi connectivity index (χ1n) is 25.5. The van der Waals surface area contributed by atoms with Crippen LogP contribution in [0.15, 0.2) is 48.6 Å². The first-order chi connectivity index (χ1) is 30.5. The predicted molar refractivity (Wildman–Crippen MR) is 261 cm³/mol. The van der Waals surface area contributed by atoms with Gasteiger partial charge < -0.3 is 23.6 Å². The maximum absolute atomic E-state index is 12.8. The average molecular weight is 909 g/mol. The van der Waals surface area contributed by atoms with E-state index in [4.69, 9.17) is 23.3 Å². The van der Waals surface area contributed by atoms with Crippen molar-refractivity contribution >= 4 is 19.8 Å². The Bertz CT molecular complexity index is 1280. The number of epoxide rings is 1. The molecule has 4 atom stereocenters. The van der Waals surface area contributed by atoms with Crippen LogP contribution in [-0.4, -0.2) is 87.1 Å². The number of carbonyl (C=O) groups excluding carboxylic acids is 2. The molecule has 1 fully saturated rings. The standard InChI is InChI=1S/C52H94NO9P/c1-6-8-10-12-14-16-18-20-21-22-23-24-25-26-27-28-30-32-34-36-38-42-51(54)58-46-48(47-60-63(56,57)59-45-44-53(3,4)5)61-52(55)43-39-41-50-49(62-50)40-37-35-33-31-29-19-17-15-13-11-9-7-2/h15,17,20-21,29,31,35,37,48-50H,6-14,16,18-19,22-28,30,32-34,36,38-47H2,1-5H3/p+1/b17-15-,21-20-,31-29-,37-35-/t48-,49?,50?/m1/s1. The molecule has 0 saturated carbocycles. The SMILES string of the molecule is CCCCC/C=C\C/C=C\C/C=C\CC1OC1CCCC(=O)O[C@H](COC(=O)CCCCCCCCCCCCC/C=C\CCCCCCCC)COP(=O)(O)OCC[N+](C)(C)C. The zero-order valence-electron chi connectivity index (χ0n) is 41.0. The van der Waals surface area contributed by atoms with Gasteiger partial charge >= 0.3 is 19.8 Å². The highest BCUT2D eigenvalue weighted by atomic mass is 31.2. The molecule has 0 bridgehead atoms. The topological polar surface area (TPSA) is 121 Å². The van der Waals surface area contributed by atoms with Gasteiger partial charge in [0, 0.05) is 12.8 Å². The third-order valence-corrected chi connectivity index (χ3v) is 12.2. The summed E-state index contributed by atoms with van der Waals surface area (Å²) in [6.07, 6.45) is 50.4. The van der Waals surface area contributed by atoms with Crippen molar-refractivity contribution in [3.05, 3.63) is 48.6 Å². The van der Waals surface area contributed by atoms with Crippen LogP contribution in [0.5, 0.6) is 0 Å². The largest absolute Gasteiger partial charge is 0.472 e. The molecule has 0 aromatic heterocycles. The molecule has 0 aromatic rings. The Kier molecular flexibility index (Phi) is 37.6. The third-order valence-electron chi connectivity index (χ3n) is 11.3. The minimum atomic E-state index is -4.41. The van der Waals surface area contributed by atoms with Gasteiger partial charge in [0.15, 0.2) is 6.10 Å². The van der Waals surface area contributed by atoms with Crippen molar-refractivity contribution in [2.75, 3.05) is 47.5 Å². The molecule has 0 aliphatic carbocycles. The fourth-order valence-electron chi connectivity index (χ4n) is 7.15. The Morgan fingerprint density at radius 2 is 1.06 bits per heavy atom. The molecule has 11 heteroatoms. The normalized spacial score (nSPS) is 17.0. The number of likely N-dealkylation sites (N-methyl/N-ethyl adjacent to an activating group) is 1. The number of allylic oxidation sites excluding steroid dienone is 7. The zero-order chi connectivity index (χ0) is 46.1. The van der Waals surface area contributed by atoms with Crippen molar-refractivity contribution in [3.8, 4) is 0 Å². The van der Waals surface area contributed by atoms with Crippen molar-refractivity contribution in [1.29, 1.82) is 0 Å². The van der Waals surface area contributed by atoms with Crippen molar-refractivity contribution in [2.24, 2.45) is 0 Å². The Labute approximate surface area is 386 Å². The lowest BCUT2D eigenvalue weighted by molar-refractivity contribution is -0.870. The van der Waals surface area contributed by atoms with Crippen LogP contribution in [0.25, 0.3) is 0 Å². The highest BCUT2D eigenvalue weighted by molar-refractivity contribution is 7.47. The Balaban J connectivity index is 2.26. The van der Waals surface area contributed by atoms with E-state index in [1.807, 2.05) is 21.1 Å². The summed E-state index contributed by atoms with van der Waals surface area (Å²) in [6.45, 7) is 4.32. The number of nitrogens with zero attached hydrogens (tertiary/aromatic N) is 1. The van der Waals surface area contributed by atoms with Crippen LogP contribution in [0.4, 0.5) is 0 Å². The lowest BCUT2D eigenvalue weighted by atomic mass is 10.0. The van der Waals surface area contributed by atoms with Gasteiger partial charge in [-0.2, -0.15) is 0 Å². The van der Waals surface area contributed by atoms with E-state index in [9.17, 15) is 19.0 Å². The number of quaternary nitrogens is 1. The van der Waals surface area contributed by atoms with Crippen LogP contribution in [-0.2, 0) is 37.4 Å². The van der Waals surface area contributed by atoms with E-state index >= 15 is 0 Å². The van der Waals surface area contributed by atoms with Gasteiger partial charge in [0.1, 0.15) is 19.8 Å². The fraction of sp³-hybridized carbons (Fsp3) is 0.808. The summed E-state index contributed by atoms with van der Waals surface area (Å²) in [5.41, 5.74) is 0. The second-order valence-corrected chi connectivity index (χ2v) is 20.0. The maximum atomic E-state index is 12.8. The molecule has 0 aromatic carbocycles. The summed E-state index contributed by atoms with van der Waals surface area (Å²) in [6, 6.07) is 0. The number of phosphoric ester groups is 1. The number of hydrogen-bond donors (Lipinski definition) is 1. The number of hydrogen-bond acceptors (Lipinski definition) is 8. The molecular formula is C52H95NO9P+. The molecule has 1 rings (SSSR count). The van der Waals surface area contributed by atoms with Crippen LogP contribution < -0.4 is 0 Å². The van der Waals surface area contributed by atoms with E-state index in [0.29, 0.717) is 17.4 Å². The van der Waals surface area contributed by atoms with Crippen molar-refractivity contribution in [2.45, 2.75) is 225 Å². The molecule has 1 N–H and O–H groups in total. The van der Waals surface area contributed by atoms with Gasteiger partial charge in [0.05, 0.1) is 40.0 Å². The summed E-state index contributed by atoms with van der Waals surface area (Å²) in [4.78, 5) is 35.6. The molecule has 1 aliphatic rings. The summed E-state index contributed by atoms with van der Waals surface area (Å²) in [5, 5.41) is 0. The van der Waals surface area contributed by atoms with Gasteiger partial charge in [-0.15, -0.1) is 0 Å². The highest BCUT2D eigenvalue weighted by Gasteiger charge is 2.37. The molecule has 0 radical (unpaired) electrons. The zero-order valence-corrected chi connectivity index (χ0v) is 41.9. The Morgan fingerprint density at radius 3 is 1.65 bits per heavy atom. The minimum Gasteiger partial charge on any atom is -0.462 e. The lowest BCUT2D eigenvalue weighted by Crippen LogP contribution is -2.37. The van der Waals surface area contributed by atoms with E-state index in [2.05, 4.69) is 62.5 Å². The van der Waals surface area contributed by atoms with Gasteiger partial charge in [-0.25, -0.2) is 4.57 Å². The second-order valence-electron chi connectivity index (χ2n) is 18.6. The average Bonchev–Trinajstić information content (AvgIpc) is 3.99. The number of rotatable bonds is 45. The molecule has 1 saturated heterocycles. The predicted octanol–water partition coefficient (Wildman–Crippen LogP) is 14.0. The van der Waals surface area contributed by atoms with E-state index in [0.717, 1.165) is 44.9 Å². The molecular weight excluding hydrogens is 814 g/mol.